The molecule has 238 valence electrons. The van der Waals surface area contributed by atoms with Crippen LogP contribution in [-0.4, -0.2) is 34.9 Å². The van der Waals surface area contributed by atoms with Crippen molar-refractivity contribution >= 4 is 58.3 Å². The molecule has 0 saturated heterocycles. The summed E-state index contributed by atoms with van der Waals surface area (Å²) in [7, 11) is 0. The molecule has 4 aromatic heterocycles. The summed E-state index contributed by atoms with van der Waals surface area (Å²) in [5, 5.41) is 0. The summed E-state index contributed by atoms with van der Waals surface area (Å²) in [6.45, 7) is 0. The van der Waals surface area contributed by atoms with E-state index < -0.39 is 0 Å². The van der Waals surface area contributed by atoms with Gasteiger partial charge in [-0.1, -0.05) is 84.9 Å². The molecule has 0 unspecified atom stereocenters. The van der Waals surface area contributed by atoms with Crippen molar-refractivity contribution in [3.8, 4) is 44.8 Å². The van der Waals surface area contributed by atoms with E-state index >= 15 is 0 Å². The summed E-state index contributed by atoms with van der Waals surface area (Å²) in [5.74, 6) is 0.560. The maximum atomic E-state index is 5.87. The normalized spacial score (nSPS) is 12.0. The fraction of sp³-hybridized carbons (Fsp3) is 0. The Bertz CT molecular complexity index is 2590. The molecule has 50 heavy (non-hydrogen) atoms. The molecule has 9 heteroatoms. The summed E-state index contributed by atoms with van der Waals surface area (Å²) in [5.41, 5.74) is 25.7. The van der Waals surface area contributed by atoms with Gasteiger partial charge in [0.15, 0.2) is 5.82 Å². The number of nitrogen functional groups attached to an aromatic ring is 2. The highest BCUT2D eigenvalue weighted by atomic mass is 15.1. The molecule has 2 aliphatic rings. The van der Waals surface area contributed by atoms with Crippen molar-refractivity contribution in [3.63, 3.8) is 0 Å². The number of nitrogens with zero attached hydrogens (tertiary/aromatic N) is 5. The molecule has 9 nitrogen and oxygen atoms in total. The van der Waals surface area contributed by atoms with E-state index in [2.05, 4.69) is 104 Å². The van der Waals surface area contributed by atoms with Crippen molar-refractivity contribution in [1.82, 2.24) is 34.9 Å². The number of nitrogens with one attached hydrogen (secondary N) is 2. The van der Waals surface area contributed by atoms with Gasteiger partial charge >= 0.3 is 0 Å². The lowest BCUT2D eigenvalue weighted by Crippen LogP contribution is -2.04. The number of rotatable bonds is 4. The summed E-state index contributed by atoms with van der Waals surface area (Å²) in [6, 6.07) is 39.1. The summed E-state index contributed by atoms with van der Waals surface area (Å²) in [4.78, 5) is 30.3. The van der Waals surface area contributed by atoms with Crippen molar-refractivity contribution in [1.29, 1.82) is 0 Å². The Morgan fingerprint density at radius 3 is 1.48 bits per heavy atom. The minimum atomic E-state index is 0.0744. The second-order valence-electron chi connectivity index (χ2n) is 12.0. The lowest BCUT2D eigenvalue weighted by molar-refractivity contribution is 1.09. The number of hydrogen-bond acceptors (Lipinski definition) is 7. The molecule has 7 aromatic rings. The molecule has 0 atom stereocenters. The first kappa shape index (κ1) is 29.0. The Kier molecular flexibility index (Phi) is 6.87. The molecule has 6 N–H and O–H groups in total. The third-order valence-electron chi connectivity index (χ3n) is 8.80. The van der Waals surface area contributed by atoms with Crippen LogP contribution in [0, 0.1) is 0 Å². The molecule has 2 aliphatic heterocycles. The largest absolute Gasteiger partial charge is 0.368 e. The first-order valence-corrected chi connectivity index (χ1v) is 16.2. The van der Waals surface area contributed by atoms with Crippen LogP contribution in [0.4, 0.5) is 11.9 Å². The van der Waals surface area contributed by atoms with E-state index in [-0.39, 0.29) is 11.9 Å². The fourth-order valence-electron chi connectivity index (χ4n) is 6.58. The molecule has 6 heterocycles. The van der Waals surface area contributed by atoms with Crippen LogP contribution in [0.3, 0.4) is 0 Å². The molecule has 0 amide bonds. The molecular formula is C41H29N9. The zero-order valence-electron chi connectivity index (χ0n) is 26.7. The van der Waals surface area contributed by atoms with Crippen LogP contribution < -0.4 is 11.5 Å². The Morgan fingerprint density at radius 2 is 0.880 bits per heavy atom. The monoisotopic (exact) mass is 647 g/mol. The van der Waals surface area contributed by atoms with Gasteiger partial charge in [0.25, 0.3) is 0 Å². The van der Waals surface area contributed by atoms with Gasteiger partial charge in [0.1, 0.15) is 0 Å². The van der Waals surface area contributed by atoms with Gasteiger partial charge in [-0.15, -0.1) is 0 Å². The fourth-order valence-corrected chi connectivity index (χ4v) is 6.58. The average molecular weight is 648 g/mol. The van der Waals surface area contributed by atoms with Crippen LogP contribution in [0.15, 0.2) is 115 Å². The smallest absolute Gasteiger partial charge is 0.225 e. The molecule has 0 saturated carbocycles. The van der Waals surface area contributed by atoms with Crippen molar-refractivity contribution < 1.29 is 0 Å². The molecule has 0 radical (unpaired) electrons. The van der Waals surface area contributed by atoms with Crippen molar-refractivity contribution in [2.75, 3.05) is 11.5 Å². The third-order valence-corrected chi connectivity index (χ3v) is 8.80. The summed E-state index contributed by atoms with van der Waals surface area (Å²) < 4.78 is 0. The van der Waals surface area contributed by atoms with Gasteiger partial charge in [-0.25, -0.2) is 9.97 Å². The first-order chi connectivity index (χ1) is 24.6. The zero-order valence-corrected chi connectivity index (χ0v) is 26.7. The number of H-pyrrole nitrogens is 2. The highest BCUT2D eigenvalue weighted by molar-refractivity contribution is 5.97. The van der Waals surface area contributed by atoms with E-state index in [1.807, 2.05) is 60.7 Å². The van der Waals surface area contributed by atoms with E-state index in [0.29, 0.717) is 5.82 Å². The van der Waals surface area contributed by atoms with Gasteiger partial charge in [0.2, 0.25) is 11.9 Å². The predicted octanol–water partition coefficient (Wildman–Crippen LogP) is 8.67. The maximum Gasteiger partial charge on any atom is 0.225 e. The van der Waals surface area contributed by atoms with Gasteiger partial charge in [-0.3, -0.25) is 0 Å². The predicted molar refractivity (Wildman–Crippen MR) is 203 cm³/mol. The number of fused-ring (bicyclic) bond motifs is 8. The van der Waals surface area contributed by atoms with E-state index in [1.54, 1.807) is 0 Å². The highest BCUT2D eigenvalue weighted by Gasteiger charge is 2.17. The van der Waals surface area contributed by atoms with Gasteiger partial charge in [0.05, 0.1) is 22.8 Å². The highest BCUT2D eigenvalue weighted by Crippen LogP contribution is 2.36. The number of hydrogen-bond donors (Lipinski definition) is 4. The number of benzene rings is 3. The molecule has 0 fully saturated rings. The van der Waals surface area contributed by atoms with Crippen molar-refractivity contribution in [3.05, 3.63) is 138 Å². The topological polar surface area (TPSA) is 148 Å². The molecular weight excluding hydrogens is 619 g/mol. The van der Waals surface area contributed by atoms with Crippen LogP contribution in [0.2, 0.25) is 0 Å². The van der Waals surface area contributed by atoms with Crippen LogP contribution in [0.5, 0.6) is 0 Å². The Labute approximate surface area is 286 Å². The summed E-state index contributed by atoms with van der Waals surface area (Å²) in [6.07, 6.45) is 8.30. The summed E-state index contributed by atoms with van der Waals surface area (Å²) >= 11 is 0. The number of nitrogens with two attached hydrogens (primary N) is 2. The van der Waals surface area contributed by atoms with E-state index in [0.717, 1.165) is 83.8 Å². The quantitative estimate of drug-likeness (QED) is 0.149. The van der Waals surface area contributed by atoms with Crippen LogP contribution in [-0.2, 0) is 0 Å². The Balaban J connectivity index is 1.37. The second-order valence-corrected chi connectivity index (χ2v) is 12.0. The number of aromatic amines is 2. The van der Waals surface area contributed by atoms with Gasteiger partial charge < -0.3 is 21.4 Å². The minimum absolute atomic E-state index is 0.0744. The Hall–Kier alpha value is -7.13. The number of anilines is 2. The van der Waals surface area contributed by atoms with Gasteiger partial charge in [-0.2, -0.15) is 15.0 Å². The average Bonchev–Trinajstić information content (AvgIpc) is 3.97. The van der Waals surface area contributed by atoms with Crippen LogP contribution in [0.1, 0.15) is 22.8 Å². The van der Waals surface area contributed by atoms with E-state index in [9.17, 15) is 0 Å². The third kappa shape index (κ3) is 5.29. The van der Waals surface area contributed by atoms with Crippen LogP contribution in [0.25, 0.3) is 91.1 Å². The van der Waals surface area contributed by atoms with Crippen molar-refractivity contribution in [2.45, 2.75) is 0 Å². The van der Waals surface area contributed by atoms with E-state index in [1.165, 1.54) is 0 Å². The standard InChI is InChI=1S/C41H29N9/c42-40-48-39(49-41(43)50-40)27-13-11-26(12-14-27)38-34-21-19-32(46-34)36(24-7-3-1-4-8-24)30-17-15-28(44-30)23-29-16-18-31(45-29)37(25-9-5-2-6-10-25)33-20-22-35(38)47-33/h1-23,44,47H,(H4,42,43,48,49,50). The minimum Gasteiger partial charge on any atom is -0.368 e. The van der Waals surface area contributed by atoms with E-state index in [4.69, 9.17) is 21.4 Å². The van der Waals surface area contributed by atoms with Crippen LogP contribution >= 0.6 is 0 Å². The zero-order chi connectivity index (χ0) is 33.6. The number of aromatic nitrogens is 7. The molecule has 8 bridgehead atoms. The Morgan fingerprint density at radius 1 is 0.400 bits per heavy atom. The molecule has 3 aromatic carbocycles. The molecule has 0 spiro atoms. The lowest BCUT2D eigenvalue weighted by atomic mass is 10.0. The SMILES string of the molecule is Nc1nc(N)nc(-c2ccc(-c3c4nc(c(-c5ccccc5)c5ccc(cc6nc(c(-c7ccccc7)c7ccc3[nH]7)C=C6)[nH]5)C=C4)cc2)n1. The van der Waals surface area contributed by atoms with Gasteiger partial charge in [0, 0.05) is 44.3 Å². The maximum absolute atomic E-state index is 5.87. The second kappa shape index (κ2) is 11.8. The van der Waals surface area contributed by atoms with Gasteiger partial charge in [-0.05, 0) is 71.3 Å². The van der Waals surface area contributed by atoms with Crippen molar-refractivity contribution in [2.24, 2.45) is 0 Å². The first-order valence-electron chi connectivity index (χ1n) is 16.2. The molecule has 9 rings (SSSR count). The molecule has 0 aliphatic carbocycles. The lowest BCUT2D eigenvalue weighted by Gasteiger charge is -2.07.